The molecule has 0 saturated carbocycles. The Morgan fingerprint density at radius 2 is 1.18 bits per heavy atom. The SMILES string of the molecule is C1=CC=CC(c2cccc(-c3cccc(-n4c5ccccc5c5ccc(-c6cccc7c6oc6ccccc67)cc54)c3)c2)C=C1. The minimum atomic E-state index is 0.259. The number of hydrogen-bond acceptors (Lipinski definition) is 1. The quantitative estimate of drug-likeness (QED) is 0.204. The summed E-state index contributed by atoms with van der Waals surface area (Å²) in [6, 6.07) is 48.1. The molecule has 0 aliphatic heterocycles. The van der Waals surface area contributed by atoms with Crippen LogP contribution in [0.1, 0.15) is 11.5 Å². The molecule has 0 unspecified atom stereocenters. The molecule has 0 saturated heterocycles. The number of rotatable bonds is 4. The van der Waals surface area contributed by atoms with Gasteiger partial charge >= 0.3 is 0 Å². The summed E-state index contributed by atoms with van der Waals surface area (Å²) in [6.07, 6.45) is 12.9. The third kappa shape index (κ3) is 4.26. The third-order valence-corrected chi connectivity index (χ3v) is 9.07. The van der Waals surface area contributed by atoms with E-state index in [2.05, 4.69) is 162 Å². The number of fused-ring (bicyclic) bond motifs is 6. The smallest absolute Gasteiger partial charge is 0.143 e. The van der Waals surface area contributed by atoms with E-state index in [0.717, 1.165) is 38.8 Å². The lowest BCUT2D eigenvalue weighted by Gasteiger charge is -2.13. The predicted octanol–water partition coefficient (Wildman–Crippen LogP) is 11.8. The molecular formula is C43H29NO. The van der Waals surface area contributed by atoms with E-state index in [-0.39, 0.29) is 5.92 Å². The van der Waals surface area contributed by atoms with Gasteiger partial charge in [-0.1, -0.05) is 140 Å². The van der Waals surface area contributed by atoms with Crippen molar-refractivity contribution in [1.29, 1.82) is 0 Å². The van der Waals surface area contributed by atoms with Crippen LogP contribution >= 0.6 is 0 Å². The molecule has 6 aromatic carbocycles. The monoisotopic (exact) mass is 575 g/mol. The molecule has 0 bridgehead atoms. The second-order valence-corrected chi connectivity index (χ2v) is 11.7. The van der Waals surface area contributed by atoms with Crippen molar-refractivity contribution in [3.8, 4) is 27.9 Å². The molecule has 45 heavy (non-hydrogen) atoms. The zero-order valence-corrected chi connectivity index (χ0v) is 24.6. The molecule has 8 aromatic rings. The summed E-state index contributed by atoms with van der Waals surface area (Å²) >= 11 is 0. The molecule has 212 valence electrons. The van der Waals surface area contributed by atoms with Crippen molar-refractivity contribution in [2.24, 2.45) is 0 Å². The number of furan rings is 1. The molecule has 0 N–H and O–H groups in total. The van der Waals surface area contributed by atoms with Crippen LogP contribution in [-0.2, 0) is 0 Å². The van der Waals surface area contributed by atoms with Crippen LogP contribution in [0.5, 0.6) is 0 Å². The maximum Gasteiger partial charge on any atom is 0.143 e. The Balaban J connectivity index is 1.21. The predicted molar refractivity (Wildman–Crippen MR) is 189 cm³/mol. The first kappa shape index (κ1) is 25.6. The van der Waals surface area contributed by atoms with Crippen LogP contribution in [0.25, 0.3) is 71.7 Å². The standard InChI is InChI=1S/C43H29NO/c1-2-4-13-29(12-3-1)30-14-9-15-31(26-30)32-16-10-17-34(27-32)44-40-22-7-5-18-36(40)37-25-24-33(28-41(37)44)35-20-11-21-39-38-19-6-8-23-42(38)45-43(35)39/h1-29H. The largest absolute Gasteiger partial charge is 0.455 e. The molecule has 0 radical (unpaired) electrons. The number of nitrogens with zero attached hydrogens (tertiary/aromatic N) is 1. The van der Waals surface area contributed by atoms with Gasteiger partial charge in [-0.05, 0) is 52.6 Å². The lowest BCUT2D eigenvalue weighted by Crippen LogP contribution is -1.95. The Labute approximate surface area is 261 Å². The molecule has 9 rings (SSSR count). The topological polar surface area (TPSA) is 18.1 Å². The zero-order valence-electron chi connectivity index (χ0n) is 24.6. The Bertz CT molecular complexity index is 2480. The van der Waals surface area contributed by atoms with Crippen molar-refractivity contribution in [3.63, 3.8) is 0 Å². The van der Waals surface area contributed by atoms with Crippen LogP contribution in [0.15, 0.2) is 174 Å². The van der Waals surface area contributed by atoms with Crippen LogP contribution in [0, 0.1) is 0 Å². The van der Waals surface area contributed by atoms with E-state index in [1.807, 2.05) is 12.1 Å². The highest BCUT2D eigenvalue weighted by Crippen LogP contribution is 2.39. The highest BCUT2D eigenvalue weighted by atomic mass is 16.3. The summed E-state index contributed by atoms with van der Waals surface area (Å²) in [5.74, 6) is 0.259. The highest BCUT2D eigenvalue weighted by Gasteiger charge is 2.17. The number of benzene rings is 6. The number of aromatic nitrogens is 1. The first-order valence-electron chi connectivity index (χ1n) is 15.5. The summed E-state index contributed by atoms with van der Waals surface area (Å²) in [5, 5.41) is 4.77. The van der Waals surface area contributed by atoms with Gasteiger partial charge in [-0.15, -0.1) is 0 Å². The van der Waals surface area contributed by atoms with Gasteiger partial charge in [0, 0.05) is 38.7 Å². The summed E-state index contributed by atoms with van der Waals surface area (Å²) in [6.45, 7) is 0. The lowest BCUT2D eigenvalue weighted by molar-refractivity contribution is 0.670. The second-order valence-electron chi connectivity index (χ2n) is 11.7. The zero-order chi connectivity index (χ0) is 29.7. The van der Waals surface area contributed by atoms with Crippen molar-refractivity contribution < 1.29 is 4.42 Å². The highest BCUT2D eigenvalue weighted by molar-refractivity contribution is 6.13. The molecule has 0 atom stereocenters. The van der Waals surface area contributed by atoms with Crippen LogP contribution in [0.2, 0.25) is 0 Å². The van der Waals surface area contributed by atoms with Gasteiger partial charge in [0.05, 0.1) is 11.0 Å². The molecule has 1 aliphatic carbocycles. The molecule has 2 aromatic heterocycles. The molecule has 1 aliphatic rings. The van der Waals surface area contributed by atoms with Gasteiger partial charge in [0.25, 0.3) is 0 Å². The van der Waals surface area contributed by atoms with Crippen LogP contribution < -0.4 is 0 Å². The summed E-state index contributed by atoms with van der Waals surface area (Å²) in [7, 11) is 0. The average Bonchev–Trinajstić information content (AvgIpc) is 3.50. The lowest BCUT2D eigenvalue weighted by atomic mass is 9.94. The van der Waals surface area contributed by atoms with Crippen LogP contribution in [0.4, 0.5) is 0 Å². The third-order valence-electron chi connectivity index (χ3n) is 9.07. The van der Waals surface area contributed by atoms with Gasteiger partial charge in [0.2, 0.25) is 0 Å². The minimum Gasteiger partial charge on any atom is -0.455 e. The van der Waals surface area contributed by atoms with Gasteiger partial charge in [-0.2, -0.15) is 0 Å². The van der Waals surface area contributed by atoms with Gasteiger partial charge in [-0.3, -0.25) is 0 Å². The minimum absolute atomic E-state index is 0.259. The molecule has 2 nitrogen and oxygen atoms in total. The van der Waals surface area contributed by atoms with E-state index in [1.165, 1.54) is 38.5 Å². The first-order valence-corrected chi connectivity index (χ1v) is 15.5. The van der Waals surface area contributed by atoms with Gasteiger partial charge in [0.15, 0.2) is 0 Å². The van der Waals surface area contributed by atoms with Gasteiger partial charge < -0.3 is 8.98 Å². The normalized spacial score (nSPS) is 13.4. The maximum absolute atomic E-state index is 6.43. The van der Waals surface area contributed by atoms with Crippen molar-refractivity contribution in [2.45, 2.75) is 5.92 Å². The van der Waals surface area contributed by atoms with Gasteiger partial charge in [0.1, 0.15) is 11.2 Å². The van der Waals surface area contributed by atoms with Crippen LogP contribution in [-0.4, -0.2) is 4.57 Å². The number of allylic oxidation sites excluding steroid dienone is 6. The fourth-order valence-corrected chi connectivity index (χ4v) is 6.92. The maximum atomic E-state index is 6.43. The van der Waals surface area contributed by atoms with E-state index in [0.29, 0.717) is 0 Å². The fourth-order valence-electron chi connectivity index (χ4n) is 6.92. The summed E-state index contributed by atoms with van der Waals surface area (Å²) < 4.78 is 8.84. The molecule has 0 spiro atoms. The second kappa shape index (κ2) is 10.4. The van der Waals surface area contributed by atoms with Crippen molar-refractivity contribution >= 4 is 43.7 Å². The van der Waals surface area contributed by atoms with Crippen molar-refractivity contribution in [3.05, 3.63) is 175 Å². The van der Waals surface area contributed by atoms with Crippen LogP contribution in [0.3, 0.4) is 0 Å². The number of para-hydroxylation sites is 3. The molecule has 2 heterocycles. The van der Waals surface area contributed by atoms with Crippen molar-refractivity contribution in [2.75, 3.05) is 0 Å². The van der Waals surface area contributed by atoms with E-state index in [4.69, 9.17) is 4.42 Å². The summed E-state index contributed by atoms with van der Waals surface area (Å²) in [4.78, 5) is 0. The molecule has 0 amide bonds. The Morgan fingerprint density at radius 3 is 2.07 bits per heavy atom. The van der Waals surface area contributed by atoms with Gasteiger partial charge in [-0.25, -0.2) is 0 Å². The fraction of sp³-hybridized carbons (Fsp3) is 0.0233. The Hall–Kier alpha value is -5.86. The van der Waals surface area contributed by atoms with E-state index < -0.39 is 0 Å². The first-order chi connectivity index (χ1) is 22.3. The van der Waals surface area contributed by atoms with Crippen molar-refractivity contribution in [1.82, 2.24) is 4.57 Å². The molecule has 2 heteroatoms. The number of hydrogen-bond donors (Lipinski definition) is 0. The van der Waals surface area contributed by atoms with E-state index in [9.17, 15) is 0 Å². The molecular weight excluding hydrogens is 546 g/mol. The Morgan fingerprint density at radius 1 is 0.467 bits per heavy atom. The van der Waals surface area contributed by atoms with E-state index >= 15 is 0 Å². The van der Waals surface area contributed by atoms with E-state index in [1.54, 1.807) is 0 Å². The molecule has 0 fully saturated rings. The Kier molecular flexibility index (Phi) is 5.92. The summed E-state index contributed by atoms with van der Waals surface area (Å²) in [5.41, 5.74) is 11.3. The average molecular weight is 576 g/mol.